The van der Waals surface area contributed by atoms with Crippen molar-refractivity contribution in [2.24, 2.45) is 5.73 Å². The minimum atomic E-state index is -0.535. The van der Waals surface area contributed by atoms with Crippen LogP contribution in [0.25, 0.3) is 17.0 Å². The second-order valence-corrected chi connectivity index (χ2v) is 6.66. The molecule has 29 heavy (non-hydrogen) atoms. The predicted octanol–water partition coefficient (Wildman–Crippen LogP) is 1.96. The van der Waals surface area contributed by atoms with Gasteiger partial charge in [0.05, 0.1) is 5.52 Å². The van der Waals surface area contributed by atoms with Crippen molar-refractivity contribution in [2.45, 2.75) is 6.54 Å². The second-order valence-electron chi connectivity index (χ2n) is 6.66. The Hall–Kier alpha value is -4.01. The summed E-state index contributed by atoms with van der Waals surface area (Å²) < 4.78 is 1.62. The fourth-order valence-electron chi connectivity index (χ4n) is 3.02. The molecule has 1 amide bonds. The molecular formula is C20H20N8O. The quantitative estimate of drug-likeness (QED) is 0.519. The van der Waals surface area contributed by atoms with Crippen LogP contribution in [-0.2, 0) is 6.54 Å². The Bertz CT molecular complexity index is 1170. The molecule has 0 radical (unpaired) electrons. The van der Waals surface area contributed by atoms with Crippen LogP contribution in [0.3, 0.4) is 0 Å². The zero-order valence-electron chi connectivity index (χ0n) is 16.1. The van der Waals surface area contributed by atoms with Crippen molar-refractivity contribution in [3.63, 3.8) is 0 Å². The largest absolute Gasteiger partial charge is 0.364 e. The van der Waals surface area contributed by atoms with E-state index in [0.29, 0.717) is 40.9 Å². The number of hydrogen-bond donors (Lipinski definition) is 2. The van der Waals surface area contributed by atoms with Crippen molar-refractivity contribution in [3.8, 4) is 11.5 Å². The van der Waals surface area contributed by atoms with Gasteiger partial charge in [0.25, 0.3) is 5.91 Å². The van der Waals surface area contributed by atoms with Crippen LogP contribution >= 0.6 is 0 Å². The summed E-state index contributed by atoms with van der Waals surface area (Å²) in [5.41, 5.74) is 8.11. The average molecular weight is 388 g/mol. The molecule has 4 aromatic rings. The highest BCUT2D eigenvalue weighted by atomic mass is 16.1. The summed E-state index contributed by atoms with van der Waals surface area (Å²) in [5.74, 6) is 1.03. The summed E-state index contributed by atoms with van der Waals surface area (Å²) in [4.78, 5) is 22.6. The number of carbonyl (C=O) groups is 1. The molecular weight excluding hydrogens is 368 g/mol. The maximum atomic E-state index is 11.7. The molecule has 0 bridgehead atoms. The van der Waals surface area contributed by atoms with Crippen LogP contribution in [0, 0.1) is 0 Å². The summed E-state index contributed by atoms with van der Waals surface area (Å²) >= 11 is 0. The lowest BCUT2D eigenvalue weighted by Crippen LogP contribution is -2.17. The number of nitrogens with zero attached hydrogens (tertiary/aromatic N) is 6. The van der Waals surface area contributed by atoms with Crippen LogP contribution in [0.1, 0.15) is 16.1 Å². The first-order chi connectivity index (χ1) is 14.0. The van der Waals surface area contributed by atoms with Gasteiger partial charge in [-0.3, -0.25) is 9.20 Å². The van der Waals surface area contributed by atoms with E-state index in [1.807, 2.05) is 55.4 Å². The topological polar surface area (TPSA) is 114 Å². The van der Waals surface area contributed by atoms with Crippen molar-refractivity contribution in [3.05, 3.63) is 66.1 Å². The van der Waals surface area contributed by atoms with Gasteiger partial charge < -0.3 is 16.0 Å². The molecule has 0 atom stereocenters. The Labute approximate surface area is 167 Å². The van der Waals surface area contributed by atoms with Gasteiger partial charge in [0.2, 0.25) is 5.82 Å². The van der Waals surface area contributed by atoms with Crippen LogP contribution in [0.2, 0.25) is 0 Å². The van der Waals surface area contributed by atoms with Gasteiger partial charge in [-0.15, -0.1) is 10.2 Å². The number of primary amides is 1. The fourth-order valence-corrected chi connectivity index (χ4v) is 3.02. The molecule has 9 heteroatoms. The Kier molecular flexibility index (Phi) is 4.78. The molecule has 0 saturated heterocycles. The lowest BCUT2D eigenvalue weighted by atomic mass is 10.2. The standard InChI is InChI=1S/C20H20N8O/c1-27(2)20-19(22-11-13-7-4-3-5-8-13)24-18(25-26-20)16-14-9-6-10-15(17(21)29)28(14)12-23-16/h3-10,12H,11H2,1-2H3,(H2,21,29)(H,22,24,25). The van der Waals surface area contributed by atoms with Gasteiger partial charge in [-0.25, -0.2) is 9.97 Å². The number of hydrogen-bond acceptors (Lipinski definition) is 7. The van der Waals surface area contributed by atoms with E-state index in [1.54, 1.807) is 16.5 Å². The van der Waals surface area contributed by atoms with Crippen LogP contribution in [0.5, 0.6) is 0 Å². The molecule has 0 aliphatic carbocycles. The third kappa shape index (κ3) is 3.57. The van der Waals surface area contributed by atoms with Gasteiger partial charge >= 0.3 is 0 Å². The third-order valence-corrected chi connectivity index (χ3v) is 4.43. The van der Waals surface area contributed by atoms with Crippen LogP contribution in [0.15, 0.2) is 54.9 Å². The molecule has 0 spiro atoms. The molecule has 3 N–H and O–H groups in total. The number of rotatable bonds is 6. The molecule has 0 unspecified atom stereocenters. The lowest BCUT2D eigenvalue weighted by Gasteiger charge is -2.16. The van der Waals surface area contributed by atoms with Crippen LogP contribution < -0.4 is 16.0 Å². The summed E-state index contributed by atoms with van der Waals surface area (Å²) in [7, 11) is 3.76. The first-order valence-corrected chi connectivity index (χ1v) is 9.00. The van der Waals surface area contributed by atoms with Gasteiger partial charge in [0.1, 0.15) is 17.7 Å². The van der Waals surface area contributed by atoms with Gasteiger partial charge in [-0.1, -0.05) is 36.4 Å². The van der Waals surface area contributed by atoms with Crippen molar-refractivity contribution in [1.29, 1.82) is 0 Å². The summed E-state index contributed by atoms with van der Waals surface area (Å²) in [6.45, 7) is 0.593. The number of benzene rings is 1. The lowest BCUT2D eigenvalue weighted by molar-refractivity contribution is 0.0994. The van der Waals surface area contributed by atoms with Crippen LogP contribution in [0.4, 0.5) is 11.6 Å². The SMILES string of the molecule is CN(C)c1nnc(-c2ncn3c(C(N)=O)cccc23)nc1NCc1ccccc1. The van der Waals surface area contributed by atoms with E-state index in [4.69, 9.17) is 5.73 Å². The molecule has 3 aromatic heterocycles. The van der Waals surface area contributed by atoms with Crippen LogP contribution in [-0.4, -0.2) is 44.6 Å². The van der Waals surface area contributed by atoms with Gasteiger partial charge in [0.15, 0.2) is 11.6 Å². The monoisotopic (exact) mass is 388 g/mol. The number of pyridine rings is 1. The second kappa shape index (κ2) is 7.55. The number of anilines is 2. The molecule has 146 valence electrons. The zero-order chi connectivity index (χ0) is 20.4. The number of nitrogens with two attached hydrogens (primary N) is 1. The molecule has 0 aliphatic rings. The predicted molar refractivity (Wildman–Crippen MR) is 111 cm³/mol. The molecule has 0 saturated carbocycles. The van der Waals surface area contributed by atoms with E-state index < -0.39 is 5.91 Å². The maximum Gasteiger partial charge on any atom is 0.265 e. The molecule has 4 rings (SSSR count). The van der Waals surface area contributed by atoms with E-state index in [0.717, 1.165) is 5.56 Å². The van der Waals surface area contributed by atoms with E-state index in [2.05, 4.69) is 25.5 Å². The first-order valence-electron chi connectivity index (χ1n) is 9.00. The summed E-state index contributed by atoms with van der Waals surface area (Å²) in [6.07, 6.45) is 1.53. The van der Waals surface area contributed by atoms with E-state index in [-0.39, 0.29) is 0 Å². The van der Waals surface area contributed by atoms with Crippen molar-refractivity contribution in [2.75, 3.05) is 24.3 Å². The van der Waals surface area contributed by atoms with Gasteiger partial charge in [0, 0.05) is 20.6 Å². The molecule has 0 fully saturated rings. The molecule has 3 heterocycles. The molecule has 9 nitrogen and oxygen atoms in total. The number of amides is 1. The maximum absolute atomic E-state index is 11.7. The molecule has 0 aliphatic heterocycles. The highest BCUT2D eigenvalue weighted by Gasteiger charge is 2.17. The minimum absolute atomic E-state index is 0.335. The Morgan fingerprint density at radius 3 is 2.62 bits per heavy atom. The fraction of sp³-hybridized carbons (Fsp3) is 0.150. The Balaban J connectivity index is 1.74. The Morgan fingerprint density at radius 1 is 1.10 bits per heavy atom. The number of nitrogens with one attached hydrogen (secondary N) is 1. The smallest absolute Gasteiger partial charge is 0.265 e. The Morgan fingerprint density at radius 2 is 1.90 bits per heavy atom. The zero-order valence-corrected chi connectivity index (χ0v) is 16.1. The highest BCUT2D eigenvalue weighted by molar-refractivity contribution is 5.92. The van der Waals surface area contributed by atoms with E-state index in [1.165, 1.54) is 6.33 Å². The summed E-state index contributed by atoms with van der Waals surface area (Å²) in [5, 5.41) is 11.9. The number of fused-ring (bicyclic) bond motifs is 1. The van der Waals surface area contributed by atoms with Crippen molar-refractivity contribution >= 4 is 23.1 Å². The highest BCUT2D eigenvalue weighted by Crippen LogP contribution is 2.25. The molecule has 1 aromatic carbocycles. The van der Waals surface area contributed by atoms with E-state index >= 15 is 0 Å². The van der Waals surface area contributed by atoms with E-state index in [9.17, 15) is 4.79 Å². The van der Waals surface area contributed by atoms with Crippen molar-refractivity contribution < 1.29 is 4.79 Å². The van der Waals surface area contributed by atoms with Crippen molar-refractivity contribution in [1.82, 2.24) is 24.6 Å². The minimum Gasteiger partial charge on any atom is -0.364 e. The number of aromatic nitrogens is 5. The van der Waals surface area contributed by atoms with Gasteiger partial charge in [-0.2, -0.15) is 0 Å². The van der Waals surface area contributed by atoms with Gasteiger partial charge in [-0.05, 0) is 17.7 Å². The number of imidazole rings is 1. The summed E-state index contributed by atoms with van der Waals surface area (Å²) in [6, 6.07) is 15.2. The third-order valence-electron chi connectivity index (χ3n) is 4.43. The first kappa shape index (κ1) is 18.4. The number of carbonyl (C=O) groups excluding carboxylic acids is 1. The average Bonchev–Trinajstić information content (AvgIpc) is 3.16. The normalized spacial score (nSPS) is 10.8.